The van der Waals surface area contributed by atoms with Gasteiger partial charge in [0, 0.05) is 0 Å². The molecule has 0 spiro atoms. The molecule has 0 radical (unpaired) electrons. The molecule has 0 nitrogen and oxygen atoms in total. The molecular weight excluding hydrogens is 264 g/mol. The van der Waals surface area contributed by atoms with Gasteiger partial charge in [0.25, 0.3) is 0 Å². The van der Waals surface area contributed by atoms with Gasteiger partial charge in [-0.2, -0.15) is 0 Å². The number of hydrogen-bond acceptors (Lipinski definition) is 0. The summed E-state index contributed by atoms with van der Waals surface area (Å²) in [5.41, 5.74) is 2.78. The van der Waals surface area contributed by atoms with Crippen LogP contribution in [0.25, 0.3) is 0 Å². The second-order valence-corrected chi connectivity index (χ2v) is 8.68. The van der Waals surface area contributed by atoms with E-state index in [1.54, 1.807) is 5.57 Å². The Labute approximate surface area is 141 Å². The van der Waals surface area contributed by atoms with E-state index in [1.165, 1.54) is 57.8 Å². The van der Waals surface area contributed by atoms with Crippen molar-refractivity contribution in [1.29, 1.82) is 0 Å². The van der Waals surface area contributed by atoms with E-state index < -0.39 is 0 Å². The second-order valence-electron chi connectivity index (χ2n) is 8.68. The molecule has 1 rings (SSSR count). The van der Waals surface area contributed by atoms with Gasteiger partial charge < -0.3 is 0 Å². The molecule has 0 fully saturated rings. The SMILES string of the molecule is CCCCC(C)(C)C1C=C(CC)C(C(C)(CC)CCC)CC1. The first kappa shape index (κ1) is 19.8. The summed E-state index contributed by atoms with van der Waals surface area (Å²) in [5, 5.41) is 0. The molecule has 0 saturated carbocycles. The van der Waals surface area contributed by atoms with Gasteiger partial charge in [-0.1, -0.05) is 85.8 Å². The van der Waals surface area contributed by atoms with Gasteiger partial charge >= 0.3 is 0 Å². The fourth-order valence-corrected chi connectivity index (χ4v) is 4.75. The minimum absolute atomic E-state index is 0.481. The van der Waals surface area contributed by atoms with E-state index in [1.807, 2.05) is 0 Å². The number of allylic oxidation sites excluding steroid dienone is 2. The fraction of sp³-hybridized carbons (Fsp3) is 0.909. The summed E-state index contributed by atoms with van der Waals surface area (Å²) in [6.07, 6.45) is 14.9. The average Bonchev–Trinajstić information content (AvgIpc) is 2.52. The van der Waals surface area contributed by atoms with E-state index in [0.29, 0.717) is 10.8 Å². The topological polar surface area (TPSA) is 0 Å². The highest BCUT2D eigenvalue weighted by Crippen LogP contribution is 2.50. The Bertz CT molecular complexity index is 349. The van der Waals surface area contributed by atoms with Crippen LogP contribution in [-0.4, -0.2) is 0 Å². The summed E-state index contributed by atoms with van der Waals surface area (Å²) in [4.78, 5) is 0. The number of hydrogen-bond donors (Lipinski definition) is 0. The zero-order chi connectivity index (χ0) is 16.8. The molecule has 0 amide bonds. The van der Waals surface area contributed by atoms with Gasteiger partial charge in [-0.05, 0) is 54.8 Å². The van der Waals surface area contributed by atoms with Crippen molar-refractivity contribution in [3.05, 3.63) is 11.6 Å². The van der Waals surface area contributed by atoms with Gasteiger partial charge in [0.2, 0.25) is 0 Å². The molecule has 22 heavy (non-hydrogen) atoms. The highest BCUT2D eigenvalue weighted by Gasteiger charge is 2.39. The van der Waals surface area contributed by atoms with Gasteiger partial charge in [-0.15, -0.1) is 0 Å². The van der Waals surface area contributed by atoms with E-state index in [0.717, 1.165) is 11.8 Å². The fourth-order valence-electron chi connectivity index (χ4n) is 4.75. The second kappa shape index (κ2) is 8.55. The maximum Gasteiger partial charge on any atom is -0.0149 e. The van der Waals surface area contributed by atoms with Crippen LogP contribution in [0.2, 0.25) is 0 Å². The van der Waals surface area contributed by atoms with E-state index >= 15 is 0 Å². The zero-order valence-corrected chi connectivity index (χ0v) is 16.6. The first-order chi connectivity index (χ1) is 10.3. The molecule has 0 heteroatoms. The van der Waals surface area contributed by atoms with Crippen molar-refractivity contribution in [1.82, 2.24) is 0 Å². The largest absolute Gasteiger partial charge is 0.0814 e. The highest BCUT2D eigenvalue weighted by molar-refractivity contribution is 5.17. The van der Waals surface area contributed by atoms with Gasteiger partial charge in [0.1, 0.15) is 0 Å². The standard InChI is InChI=1S/C22H42/c1-8-12-16-21(5,6)19-13-14-20(18(10-3)17-19)22(7,11-4)15-9-2/h17,19-20H,8-16H2,1-7H3. The summed E-state index contributed by atoms with van der Waals surface area (Å²) >= 11 is 0. The van der Waals surface area contributed by atoms with E-state index in [9.17, 15) is 0 Å². The normalized spacial score (nSPS) is 25.7. The first-order valence-corrected chi connectivity index (χ1v) is 10.0. The lowest BCUT2D eigenvalue weighted by Crippen LogP contribution is -2.34. The number of unbranched alkanes of at least 4 members (excludes halogenated alkanes) is 1. The maximum absolute atomic E-state index is 2.72. The molecule has 0 aliphatic heterocycles. The minimum atomic E-state index is 0.481. The van der Waals surface area contributed by atoms with Gasteiger partial charge in [-0.3, -0.25) is 0 Å². The number of rotatable bonds is 9. The van der Waals surface area contributed by atoms with Crippen LogP contribution >= 0.6 is 0 Å². The van der Waals surface area contributed by atoms with Crippen molar-refractivity contribution in [2.75, 3.05) is 0 Å². The molecule has 0 aromatic rings. The third-order valence-corrected chi connectivity index (χ3v) is 6.69. The molecule has 1 aliphatic carbocycles. The van der Waals surface area contributed by atoms with Gasteiger partial charge in [-0.25, -0.2) is 0 Å². The Kier molecular flexibility index (Phi) is 7.69. The van der Waals surface area contributed by atoms with Crippen LogP contribution in [-0.2, 0) is 0 Å². The Morgan fingerprint density at radius 3 is 2.14 bits per heavy atom. The predicted molar refractivity (Wildman–Crippen MR) is 101 cm³/mol. The monoisotopic (exact) mass is 306 g/mol. The first-order valence-electron chi connectivity index (χ1n) is 10.0. The van der Waals surface area contributed by atoms with Crippen molar-refractivity contribution in [2.24, 2.45) is 22.7 Å². The van der Waals surface area contributed by atoms with E-state index in [4.69, 9.17) is 0 Å². The Hall–Kier alpha value is -0.260. The van der Waals surface area contributed by atoms with Crippen LogP contribution in [0.4, 0.5) is 0 Å². The summed E-state index contributed by atoms with van der Waals surface area (Å²) in [5.74, 6) is 1.63. The van der Waals surface area contributed by atoms with Crippen molar-refractivity contribution < 1.29 is 0 Å². The highest BCUT2D eigenvalue weighted by atomic mass is 14.4. The molecule has 0 aromatic carbocycles. The molecule has 0 heterocycles. The van der Waals surface area contributed by atoms with Crippen molar-refractivity contribution in [2.45, 2.75) is 106 Å². The molecule has 130 valence electrons. The molecule has 0 saturated heterocycles. The quantitative estimate of drug-likeness (QED) is 0.381. The van der Waals surface area contributed by atoms with Crippen molar-refractivity contribution >= 4 is 0 Å². The molecule has 0 bridgehead atoms. The summed E-state index contributed by atoms with van der Waals surface area (Å²) in [7, 11) is 0. The van der Waals surface area contributed by atoms with Crippen LogP contribution in [0.3, 0.4) is 0 Å². The predicted octanol–water partition coefficient (Wildman–Crippen LogP) is 7.78. The van der Waals surface area contributed by atoms with Crippen molar-refractivity contribution in [3.63, 3.8) is 0 Å². The Balaban J connectivity index is 2.95. The minimum Gasteiger partial charge on any atom is -0.0814 e. The van der Waals surface area contributed by atoms with Crippen LogP contribution in [0.5, 0.6) is 0 Å². The third-order valence-electron chi connectivity index (χ3n) is 6.69. The lowest BCUT2D eigenvalue weighted by molar-refractivity contribution is 0.131. The van der Waals surface area contributed by atoms with E-state index in [2.05, 4.69) is 54.5 Å². The molecular formula is C22H42. The molecule has 3 atom stereocenters. The summed E-state index contributed by atoms with van der Waals surface area (Å²) in [6, 6.07) is 0. The van der Waals surface area contributed by atoms with Gasteiger partial charge in [0.05, 0.1) is 0 Å². The Morgan fingerprint density at radius 1 is 0.955 bits per heavy atom. The zero-order valence-electron chi connectivity index (χ0n) is 16.6. The third kappa shape index (κ3) is 4.62. The van der Waals surface area contributed by atoms with Crippen LogP contribution in [0.1, 0.15) is 106 Å². The Morgan fingerprint density at radius 2 is 1.64 bits per heavy atom. The van der Waals surface area contributed by atoms with Crippen LogP contribution in [0, 0.1) is 22.7 Å². The maximum atomic E-state index is 2.72. The van der Waals surface area contributed by atoms with Crippen LogP contribution < -0.4 is 0 Å². The molecule has 3 unspecified atom stereocenters. The van der Waals surface area contributed by atoms with E-state index in [-0.39, 0.29) is 0 Å². The average molecular weight is 307 g/mol. The molecule has 0 aromatic heterocycles. The van der Waals surface area contributed by atoms with Gasteiger partial charge in [0.15, 0.2) is 0 Å². The van der Waals surface area contributed by atoms with Crippen LogP contribution in [0.15, 0.2) is 11.6 Å². The lowest BCUT2D eigenvalue weighted by Gasteiger charge is -2.45. The molecule has 1 aliphatic rings. The summed E-state index contributed by atoms with van der Waals surface area (Å²) in [6.45, 7) is 17.0. The van der Waals surface area contributed by atoms with Crippen molar-refractivity contribution in [3.8, 4) is 0 Å². The summed E-state index contributed by atoms with van der Waals surface area (Å²) < 4.78 is 0. The molecule has 0 N–H and O–H groups in total. The lowest BCUT2D eigenvalue weighted by atomic mass is 9.60. The smallest absolute Gasteiger partial charge is 0.0149 e.